The number of alkyl halides is 3. The standard InChI is InChI=1S/C11H5F5N2O/c12-6-1-2-7(13)8(5-6)19-10-17-4-3-9(18-10)11(14,15)16/h1-5H. The van der Waals surface area contributed by atoms with E-state index in [0.29, 0.717) is 12.1 Å². The highest BCUT2D eigenvalue weighted by atomic mass is 19.4. The van der Waals surface area contributed by atoms with Gasteiger partial charge < -0.3 is 4.74 Å². The third-order valence-corrected chi connectivity index (χ3v) is 2.02. The van der Waals surface area contributed by atoms with Crippen molar-refractivity contribution in [3.8, 4) is 11.8 Å². The summed E-state index contributed by atoms with van der Waals surface area (Å²) in [6, 6.07) is 2.21. The molecule has 1 aromatic heterocycles. The molecule has 8 heteroatoms. The number of nitrogens with zero attached hydrogens (tertiary/aromatic N) is 2. The molecule has 0 fully saturated rings. The van der Waals surface area contributed by atoms with Gasteiger partial charge in [-0.05, 0) is 18.2 Å². The molecule has 0 atom stereocenters. The zero-order chi connectivity index (χ0) is 14.0. The van der Waals surface area contributed by atoms with Gasteiger partial charge in [-0.15, -0.1) is 0 Å². The molecule has 2 rings (SSSR count). The van der Waals surface area contributed by atoms with Crippen LogP contribution in [-0.4, -0.2) is 9.97 Å². The van der Waals surface area contributed by atoms with Crippen LogP contribution in [0.15, 0.2) is 30.5 Å². The van der Waals surface area contributed by atoms with Crippen molar-refractivity contribution in [1.82, 2.24) is 9.97 Å². The van der Waals surface area contributed by atoms with Crippen LogP contribution in [-0.2, 0) is 6.18 Å². The number of hydrogen-bond donors (Lipinski definition) is 0. The molecule has 0 bridgehead atoms. The highest BCUT2D eigenvalue weighted by Gasteiger charge is 2.33. The van der Waals surface area contributed by atoms with Crippen molar-refractivity contribution >= 4 is 0 Å². The van der Waals surface area contributed by atoms with Gasteiger partial charge in [-0.3, -0.25) is 0 Å². The van der Waals surface area contributed by atoms with Crippen molar-refractivity contribution < 1.29 is 26.7 Å². The van der Waals surface area contributed by atoms with Crippen LogP contribution in [0, 0.1) is 11.6 Å². The van der Waals surface area contributed by atoms with E-state index in [1.165, 1.54) is 0 Å². The number of ether oxygens (including phenoxy) is 1. The molecule has 0 unspecified atom stereocenters. The average Bonchev–Trinajstić information content (AvgIpc) is 2.33. The largest absolute Gasteiger partial charge is 0.433 e. The lowest BCUT2D eigenvalue weighted by Crippen LogP contribution is -2.09. The van der Waals surface area contributed by atoms with E-state index < -0.39 is 35.3 Å². The third kappa shape index (κ3) is 3.15. The summed E-state index contributed by atoms with van der Waals surface area (Å²) in [5.74, 6) is -2.34. The monoisotopic (exact) mass is 276 g/mol. The molecule has 0 aliphatic carbocycles. The van der Waals surface area contributed by atoms with Gasteiger partial charge in [0.1, 0.15) is 5.82 Å². The first-order chi connectivity index (χ1) is 8.86. The second-order valence-electron chi connectivity index (χ2n) is 3.40. The van der Waals surface area contributed by atoms with Gasteiger partial charge in [0.15, 0.2) is 17.3 Å². The van der Waals surface area contributed by atoms with Crippen molar-refractivity contribution in [2.45, 2.75) is 6.18 Å². The van der Waals surface area contributed by atoms with Crippen molar-refractivity contribution in [3.63, 3.8) is 0 Å². The molecule has 0 amide bonds. The van der Waals surface area contributed by atoms with Gasteiger partial charge in [-0.1, -0.05) is 0 Å². The second-order valence-corrected chi connectivity index (χ2v) is 3.40. The molecular formula is C11H5F5N2O. The van der Waals surface area contributed by atoms with E-state index in [4.69, 9.17) is 0 Å². The summed E-state index contributed by atoms with van der Waals surface area (Å²) >= 11 is 0. The van der Waals surface area contributed by atoms with Gasteiger partial charge >= 0.3 is 12.2 Å². The molecule has 19 heavy (non-hydrogen) atoms. The maximum Gasteiger partial charge on any atom is 0.433 e. The Labute approximate surface area is 103 Å². The Bertz CT molecular complexity index is 600. The minimum Gasteiger partial charge on any atom is -0.421 e. The quantitative estimate of drug-likeness (QED) is 0.786. The lowest BCUT2D eigenvalue weighted by atomic mass is 10.3. The van der Waals surface area contributed by atoms with Crippen LogP contribution in [0.4, 0.5) is 22.0 Å². The van der Waals surface area contributed by atoms with E-state index in [0.717, 1.165) is 18.3 Å². The van der Waals surface area contributed by atoms with Crippen molar-refractivity contribution in [1.29, 1.82) is 0 Å². The molecule has 2 aromatic rings. The Balaban J connectivity index is 2.31. The summed E-state index contributed by atoms with van der Waals surface area (Å²) in [7, 11) is 0. The molecule has 0 spiro atoms. The Morgan fingerprint density at radius 3 is 2.47 bits per heavy atom. The molecule has 1 aromatic carbocycles. The summed E-state index contributed by atoms with van der Waals surface area (Å²) in [6.45, 7) is 0. The number of benzene rings is 1. The van der Waals surface area contributed by atoms with Gasteiger partial charge in [-0.25, -0.2) is 13.8 Å². The van der Waals surface area contributed by atoms with E-state index >= 15 is 0 Å². The summed E-state index contributed by atoms with van der Waals surface area (Å²) in [5, 5.41) is 0. The predicted octanol–water partition coefficient (Wildman–Crippen LogP) is 3.57. The molecule has 0 N–H and O–H groups in total. The molecule has 0 aliphatic rings. The average molecular weight is 276 g/mol. The molecule has 0 saturated carbocycles. The van der Waals surface area contributed by atoms with Gasteiger partial charge in [-0.2, -0.15) is 18.2 Å². The highest BCUT2D eigenvalue weighted by Crippen LogP contribution is 2.29. The first-order valence-corrected chi connectivity index (χ1v) is 4.89. The fourth-order valence-electron chi connectivity index (χ4n) is 1.20. The second kappa shape index (κ2) is 4.79. The van der Waals surface area contributed by atoms with Crippen LogP contribution < -0.4 is 4.74 Å². The Morgan fingerprint density at radius 1 is 1.05 bits per heavy atom. The number of aromatic nitrogens is 2. The number of hydrogen-bond acceptors (Lipinski definition) is 3. The van der Waals surface area contributed by atoms with E-state index in [1.807, 2.05) is 0 Å². The third-order valence-electron chi connectivity index (χ3n) is 2.02. The maximum absolute atomic E-state index is 13.2. The molecular weight excluding hydrogens is 271 g/mol. The zero-order valence-corrected chi connectivity index (χ0v) is 9.08. The number of rotatable bonds is 2. The molecule has 1 heterocycles. The lowest BCUT2D eigenvalue weighted by molar-refractivity contribution is -0.141. The first kappa shape index (κ1) is 13.2. The molecule has 0 aliphatic heterocycles. The maximum atomic E-state index is 13.2. The number of halogens is 5. The molecule has 3 nitrogen and oxygen atoms in total. The Morgan fingerprint density at radius 2 is 1.79 bits per heavy atom. The zero-order valence-electron chi connectivity index (χ0n) is 9.08. The van der Waals surface area contributed by atoms with Crippen LogP contribution in [0.2, 0.25) is 0 Å². The van der Waals surface area contributed by atoms with Crippen LogP contribution in [0.5, 0.6) is 11.8 Å². The van der Waals surface area contributed by atoms with Gasteiger partial charge in [0.2, 0.25) is 0 Å². The van der Waals surface area contributed by atoms with Gasteiger partial charge in [0.05, 0.1) is 0 Å². The van der Waals surface area contributed by atoms with Crippen LogP contribution in [0.3, 0.4) is 0 Å². The van der Waals surface area contributed by atoms with Gasteiger partial charge in [0, 0.05) is 12.3 Å². The molecule has 100 valence electrons. The van der Waals surface area contributed by atoms with E-state index in [9.17, 15) is 22.0 Å². The van der Waals surface area contributed by atoms with Crippen LogP contribution in [0.25, 0.3) is 0 Å². The van der Waals surface area contributed by atoms with E-state index in [-0.39, 0.29) is 0 Å². The summed E-state index contributed by atoms with van der Waals surface area (Å²) < 4.78 is 67.9. The topological polar surface area (TPSA) is 35.0 Å². The van der Waals surface area contributed by atoms with E-state index in [1.54, 1.807) is 0 Å². The van der Waals surface area contributed by atoms with Crippen LogP contribution in [0.1, 0.15) is 5.69 Å². The van der Waals surface area contributed by atoms with Crippen molar-refractivity contribution in [2.24, 2.45) is 0 Å². The smallest absolute Gasteiger partial charge is 0.421 e. The fraction of sp³-hybridized carbons (Fsp3) is 0.0909. The van der Waals surface area contributed by atoms with Crippen LogP contribution >= 0.6 is 0 Å². The molecule has 0 saturated heterocycles. The Hall–Kier alpha value is -2.25. The Kier molecular flexibility index (Phi) is 3.32. The summed E-state index contributed by atoms with van der Waals surface area (Å²) in [5.41, 5.74) is -1.24. The van der Waals surface area contributed by atoms with Crippen molar-refractivity contribution in [2.75, 3.05) is 0 Å². The first-order valence-electron chi connectivity index (χ1n) is 4.89. The minimum atomic E-state index is -4.68. The summed E-state index contributed by atoms with van der Waals surface area (Å²) in [4.78, 5) is 6.46. The minimum absolute atomic E-state index is 0.598. The van der Waals surface area contributed by atoms with Gasteiger partial charge in [0.25, 0.3) is 0 Å². The predicted molar refractivity (Wildman–Crippen MR) is 53.5 cm³/mol. The lowest BCUT2D eigenvalue weighted by Gasteiger charge is -2.08. The summed E-state index contributed by atoms with van der Waals surface area (Å²) in [6.07, 6.45) is -3.87. The fourth-order valence-corrected chi connectivity index (χ4v) is 1.20. The van der Waals surface area contributed by atoms with E-state index in [2.05, 4.69) is 14.7 Å². The molecule has 0 radical (unpaired) electrons. The normalized spacial score (nSPS) is 11.4. The SMILES string of the molecule is Fc1ccc(F)c(Oc2nccc(C(F)(F)F)n2)c1. The highest BCUT2D eigenvalue weighted by molar-refractivity contribution is 5.27. The van der Waals surface area contributed by atoms with Crippen molar-refractivity contribution in [3.05, 3.63) is 47.8 Å².